The number of hydrogen-bond acceptors (Lipinski definition) is 4. The van der Waals surface area contributed by atoms with Gasteiger partial charge in [0.1, 0.15) is 11.8 Å². The zero-order valence-corrected chi connectivity index (χ0v) is 17.0. The van der Waals surface area contributed by atoms with Gasteiger partial charge in [0.05, 0.1) is 6.10 Å². The molecule has 2 N–H and O–H groups in total. The first-order valence-electron chi connectivity index (χ1n) is 9.76. The van der Waals surface area contributed by atoms with E-state index in [1.165, 1.54) is 19.1 Å². The van der Waals surface area contributed by atoms with Gasteiger partial charge in [0.2, 0.25) is 5.12 Å². The highest BCUT2D eigenvalue weighted by Crippen LogP contribution is 2.71. The highest BCUT2D eigenvalue weighted by Gasteiger charge is 2.76. The maximum atomic E-state index is 16.8. The molecule has 7 heteroatoms. The average Bonchev–Trinajstić information content (AvgIpc) is 2.81. The van der Waals surface area contributed by atoms with Crippen LogP contribution < -0.4 is 0 Å². The second-order valence-corrected chi connectivity index (χ2v) is 9.97. The lowest BCUT2D eigenvalue weighted by molar-refractivity contribution is -0.221. The Bertz CT molecular complexity index is 827. The number of allylic oxidation sites excluding steroid dienone is 4. The molecule has 4 nitrogen and oxygen atoms in total. The standard InChI is InChI=1S/C21H26F2O4S/c1-10-6-12-13-8-15(22)14-7-11(24)4-5-18(14,2)20(13,23)16(25)9-19(12,3)21(10,27)17(26)28/h4-5,7,10,12-13,15-16,25,27H,6,8-9H2,1-3H3,(H,26,28)/t10-,12+,13+,15+,16-,18+,19+,20+,21+/m1/s1. The monoisotopic (exact) mass is 412 g/mol. The SMILES string of the molecule is C[C@@H]1C[C@H]2[C@@H]3C[C@H](F)C4=CC(=O)C=C[C@]4(C)[C@@]3(F)[C@H](O)C[C@]2(C)[C@@]1(O)C(=O)S. The molecule has 3 fully saturated rings. The van der Waals surface area contributed by atoms with Crippen LogP contribution in [0.5, 0.6) is 0 Å². The van der Waals surface area contributed by atoms with Gasteiger partial charge in [-0.3, -0.25) is 9.59 Å². The lowest BCUT2D eigenvalue weighted by atomic mass is 9.44. The quantitative estimate of drug-likeness (QED) is 0.579. The van der Waals surface area contributed by atoms with Crippen molar-refractivity contribution in [1.82, 2.24) is 0 Å². The van der Waals surface area contributed by atoms with Gasteiger partial charge in [-0.05, 0) is 55.7 Å². The Labute approximate surface area is 168 Å². The number of thiol groups is 1. The lowest BCUT2D eigenvalue weighted by Gasteiger charge is -2.62. The summed E-state index contributed by atoms with van der Waals surface area (Å²) in [6, 6.07) is 0. The van der Waals surface area contributed by atoms with Crippen molar-refractivity contribution in [2.24, 2.45) is 28.6 Å². The first-order chi connectivity index (χ1) is 12.8. The van der Waals surface area contributed by atoms with E-state index >= 15 is 8.78 Å². The van der Waals surface area contributed by atoms with Gasteiger partial charge in [-0.1, -0.05) is 19.9 Å². The van der Waals surface area contributed by atoms with Crippen LogP contribution in [-0.2, 0) is 9.59 Å². The van der Waals surface area contributed by atoms with E-state index in [-0.39, 0.29) is 18.4 Å². The number of rotatable bonds is 1. The minimum absolute atomic E-state index is 0.0629. The fourth-order valence-electron chi connectivity index (χ4n) is 7.00. The van der Waals surface area contributed by atoms with Crippen molar-refractivity contribution < 1.29 is 28.6 Å². The van der Waals surface area contributed by atoms with Gasteiger partial charge in [0.15, 0.2) is 11.5 Å². The van der Waals surface area contributed by atoms with Gasteiger partial charge in [-0.2, -0.15) is 0 Å². The molecule has 0 amide bonds. The number of carbonyl (C=O) groups is 2. The average molecular weight is 412 g/mol. The predicted octanol–water partition coefficient (Wildman–Crippen LogP) is 2.74. The van der Waals surface area contributed by atoms with Crippen LogP contribution in [0.3, 0.4) is 0 Å². The van der Waals surface area contributed by atoms with Gasteiger partial charge in [0.25, 0.3) is 0 Å². The molecule has 0 aromatic rings. The van der Waals surface area contributed by atoms with Crippen molar-refractivity contribution in [2.75, 3.05) is 0 Å². The molecule has 0 aromatic carbocycles. The second kappa shape index (κ2) is 5.76. The molecule has 0 spiro atoms. The number of alkyl halides is 2. The molecule has 0 aromatic heterocycles. The number of halogens is 2. The van der Waals surface area contributed by atoms with Crippen LogP contribution >= 0.6 is 12.6 Å². The van der Waals surface area contributed by atoms with E-state index in [9.17, 15) is 19.8 Å². The Morgan fingerprint density at radius 3 is 2.54 bits per heavy atom. The Morgan fingerprint density at radius 2 is 1.93 bits per heavy atom. The van der Waals surface area contributed by atoms with Crippen LogP contribution in [0.4, 0.5) is 8.78 Å². The van der Waals surface area contributed by atoms with E-state index in [4.69, 9.17) is 0 Å². The number of ketones is 1. The molecule has 28 heavy (non-hydrogen) atoms. The van der Waals surface area contributed by atoms with E-state index in [0.717, 1.165) is 6.08 Å². The van der Waals surface area contributed by atoms with E-state index in [1.54, 1.807) is 13.8 Å². The molecule has 0 aliphatic heterocycles. The van der Waals surface area contributed by atoms with Crippen molar-refractivity contribution in [2.45, 2.75) is 63.6 Å². The smallest absolute Gasteiger partial charge is 0.218 e. The number of hydrogen-bond donors (Lipinski definition) is 3. The third-order valence-electron chi connectivity index (χ3n) is 8.54. The van der Waals surface area contributed by atoms with Crippen molar-refractivity contribution >= 4 is 23.5 Å². The summed E-state index contributed by atoms with van der Waals surface area (Å²) < 4.78 is 32.0. The minimum Gasteiger partial charge on any atom is -0.390 e. The Morgan fingerprint density at radius 1 is 1.29 bits per heavy atom. The first-order valence-corrected chi connectivity index (χ1v) is 10.2. The van der Waals surface area contributed by atoms with E-state index in [1.807, 2.05) is 0 Å². The Kier molecular flexibility index (Phi) is 4.16. The molecule has 0 radical (unpaired) electrons. The fraction of sp³-hybridized carbons (Fsp3) is 0.714. The van der Waals surface area contributed by atoms with E-state index in [2.05, 4.69) is 12.6 Å². The number of fused-ring (bicyclic) bond motifs is 5. The fourth-order valence-corrected chi connectivity index (χ4v) is 7.47. The third-order valence-corrected chi connectivity index (χ3v) is 8.88. The summed E-state index contributed by atoms with van der Waals surface area (Å²) in [5.74, 6) is -2.29. The third kappa shape index (κ3) is 2.03. The molecular formula is C21H26F2O4S. The summed E-state index contributed by atoms with van der Waals surface area (Å²) in [7, 11) is 0. The zero-order chi connectivity index (χ0) is 20.9. The summed E-state index contributed by atoms with van der Waals surface area (Å²) in [6.07, 6.45) is 0.703. The van der Waals surface area contributed by atoms with Crippen molar-refractivity contribution in [3.8, 4) is 0 Å². The summed E-state index contributed by atoms with van der Waals surface area (Å²) in [4.78, 5) is 24.1. The maximum absolute atomic E-state index is 16.8. The summed E-state index contributed by atoms with van der Waals surface area (Å²) in [5, 5.41) is 21.6. The van der Waals surface area contributed by atoms with Crippen molar-refractivity contribution in [3.63, 3.8) is 0 Å². The first kappa shape index (κ1) is 20.2. The molecule has 0 saturated heterocycles. The van der Waals surface area contributed by atoms with Crippen LogP contribution in [0.25, 0.3) is 0 Å². The molecule has 0 bridgehead atoms. The van der Waals surface area contributed by atoms with Gasteiger partial charge in [-0.25, -0.2) is 8.78 Å². The molecule has 0 heterocycles. The van der Waals surface area contributed by atoms with Crippen LogP contribution in [0.15, 0.2) is 23.8 Å². The van der Waals surface area contributed by atoms with Crippen molar-refractivity contribution in [1.29, 1.82) is 0 Å². The molecular weight excluding hydrogens is 386 g/mol. The summed E-state index contributed by atoms with van der Waals surface area (Å²) in [6.45, 7) is 4.92. The molecule has 9 atom stereocenters. The van der Waals surface area contributed by atoms with Gasteiger partial charge < -0.3 is 10.2 Å². The Hall–Kier alpha value is -1.05. The number of aliphatic hydroxyl groups excluding tert-OH is 1. The maximum Gasteiger partial charge on any atom is 0.218 e. The Balaban J connectivity index is 1.88. The molecule has 0 unspecified atom stereocenters. The van der Waals surface area contributed by atoms with E-state index < -0.39 is 63.0 Å². The lowest BCUT2D eigenvalue weighted by Crippen LogP contribution is -2.70. The molecule has 4 aliphatic carbocycles. The highest BCUT2D eigenvalue weighted by molar-refractivity contribution is 7.96. The highest BCUT2D eigenvalue weighted by atomic mass is 32.1. The van der Waals surface area contributed by atoms with Gasteiger partial charge >= 0.3 is 0 Å². The minimum atomic E-state index is -2.20. The van der Waals surface area contributed by atoms with Crippen LogP contribution in [-0.4, -0.2) is 44.7 Å². The normalized spacial score (nSPS) is 55.2. The summed E-state index contributed by atoms with van der Waals surface area (Å²) in [5.41, 5.74) is -6.53. The number of aliphatic hydroxyl groups is 2. The van der Waals surface area contributed by atoms with Crippen LogP contribution in [0.2, 0.25) is 0 Å². The number of carbonyl (C=O) groups excluding carboxylic acids is 2. The second-order valence-electron chi connectivity index (χ2n) is 9.57. The molecule has 154 valence electrons. The van der Waals surface area contributed by atoms with E-state index in [0.29, 0.717) is 6.42 Å². The zero-order valence-electron chi connectivity index (χ0n) is 16.2. The molecule has 4 rings (SSSR count). The van der Waals surface area contributed by atoms with Gasteiger partial charge in [-0.15, -0.1) is 12.6 Å². The summed E-state index contributed by atoms with van der Waals surface area (Å²) >= 11 is 3.90. The largest absolute Gasteiger partial charge is 0.390 e. The predicted molar refractivity (Wildman–Crippen MR) is 102 cm³/mol. The topological polar surface area (TPSA) is 74.6 Å². The molecule has 3 saturated carbocycles. The molecule has 4 aliphatic rings. The van der Waals surface area contributed by atoms with Gasteiger partial charge in [0, 0.05) is 16.7 Å². The van der Waals surface area contributed by atoms with Crippen molar-refractivity contribution in [3.05, 3.63) is 23.8 Å². The van der Waals surface area contributed by atoms with Crippen LogP contribution in [0, 0.1) is 28.6 Å². The van der Waals surface area contributed by atoms with Crippen LogP contribution in [0.1, 0.15) is 40.0 Å².